The summed E-state index contributed by atoms with van der Waals surface area (Å²) in [4.78, 5) is 26.7. The number of aryl methyl sites for hydroxylation is 1. The Kier molecular flexibility index (Phi) is 7.45. The van der Waals surface area contributed by atoms with Crippen LogP contribution >= 0.6 is 23.4 Å². The number of benzene rings is 2. The molecule has 0 unspecified atom stereocenters. The van der Waals surface area contributed by atoms with Crippen molar-refractivity contribution >= 4 is 40.6 Å². The SMILES string of the molecule is C#CCOc1c(Cl)cc(/C=C2/SC(=O)N(CCCc3ccccc3)C2=O)cc1OC. The van der Waals surface area contributed by atoms with Gasteiger partial charge in [0.15, 0.2) is 11.5 Å². The average molecular weight is 442 g/mol. The fraction of sp³-hybridized carbons (Fsp3) is 0.217. The number of methoxy groups -OCH3 is 1. The molecule has 1 aliphatic rings. The number of halogens is 1. The van der Waals surface area contributed by atoms with E-state index in [2.05, 4.69) is 5.92 Å². The van der Waals surface area contributed by atoms with Gasteiger partial charge in [-0.2, -0.15) is 0 Å². The lowest BCUT2D eigenvalue weighted by molar-refractivity contribution is -0.122. The molecule has 0 bridgehead atoms. The standard InChI is InChI=1S/C23H20ClNO4S/c1-3-12-29-21-18(24)13-17(14-19(21)28-2)15-20-22(26)25(23(27)30-20)11-7-10-16-8-5-4-6-9-16/h1,4-6,8-9,13-15H,7,10-12H2,2H3/b20-15+. The van der Waals surface area contributed by atoms with Crippen molar-refractivity contribution in [1.82, 2.24) is 4.90 Å². The summed E-state index contributed by atoms with van der Waals surface area (Å²) in [5, 5.41) is 0.0317. The highest BCUT2D eigenvalue weighted by molar-refractivity contribution is 8.18. The van der Waals surface area contributed by atoms with Gasteiger partial charge in [-0.05, 0) is 53.9 Å². The number of hydrogen-bond donors (Lipinski definition) is 0. The number of terminal acetylenes is 1. The Morgan fingerprint density at radius 2 is 2.00 bits per heavy atom. The van der Waals surface area contributed by atoms with E-state index < -0.39 is 0 Å². The van der Waals surface area contributed by atoms with Gasteiger partial charge in [-0.15, -0.1) is 6.42 Å². The van der Waals surface area contributed by atoms with E-state index in [0.29, 0.717) is 40.0 Å². The number of nitrogens with zero attached hydrogens (tertiary/aromatic N) is 1. The molecule has 0 aliphatic carbocycles. The molecule has 2 aromatic rings. The van der Waals surface area contributed by atoms with Crippen LogP contribution in [-0.2, 0) is 11.2 Å². The Hall–Kier alpha value is -2.88. The number of amides is 2. The maximum absolute atomic E-state index is 12.7. The zero-order chi connectivity index (χ0) is 21.5. The molecule has 0 spiro atoms. The summed E-state index contributed by atoms with van der Waals surface area (Å²) < 4.78 is 10.7. The first kappa shape index (κ1) is 21.8. The lowest BCUT2D eigenvalue weighted by Crippen LogP contribution is -2.29. The molecule has 0 N–H and O–H groups in total. The summed E-state index contributed by atoms with van der Waals surface area (Å²) in [7, 11) is 1.48. The van der Waals surface area contributed by atoms with Crippen LogP contribution in [0.15, 0.2) is 47.4 Å². The molecule has 0 atom stereocenters. The summed E-state index contributed by atoms with van der Waals surface area (Å²) in [6.45, 7) is 0.428. The molecule has 2 aromatic carbocycles. The van der Waals surface area contributed by atoms with Gasteiger partial charge in [0.2, 0.25) is 0 Å². The second kappa shape index (κ2) is 10.2. The van der Waals surface area contributed by atoms with Gasteiger partial charge in [-0.1, -0.05) is 47.9 Å². The minimum atomic E-state index is -0.305. The molecule has 3 rings (SSSR count). The highest BCUT2D eigenvalue weighted by Gasteiger charge is 2.34. The average Bonchev–Trinajstić information content (AvgIpc) is 3.00. The van der Waals surface area contributed by atoms with Crippen LogP contribution in [0.4, 0.5) is 4.79 Å². The molecule has 0 aromatic heterocycles. The fourth-order valence-electron chi connectivity index (χ4n) is 3.01. The number of hydrogen-bond acceptors (Lipinski definition) is 5. The highest BCUT2D eigenvalue weighted by atomic mass is 35.5. The van der Waals surface area contributed by atoms with Gasteiger partial charge in [-0.25, -0.2) is 0 Å². The monoisotopic (exact) mass is 441 g/mol. The van der Waals surface area contributed by atoms with E-state index in [1.165, 1.54) is 17.6 Å². The topological polar surface area (TPSA) is 55.8 Å². The van der Waals surface area contributed by atoms with Gasteiger partial charge in [0, 0.05) is 6.54 Å². The van der Waals surface area contributed by atoms with E-state index in [-0.39, 0.29) is 17.8 Å². The first-order chi connectivity index (χ1) is 14.5. The van der Waals surface area contributed by atoms with Crippen LogP contribution in [0.5, 0.6) is 11.5 Å². The molecule has 2 amide bonds. The molecular formula is C23H20ClNO4S. The number of carbonyl (C=O) groups is 2. The largest absolute Gasteiger partial charge is 0.493 e. The molecular weight excluding hydrogens is 422 g/mol. The summed E-state index contributed by atoms with van der Waals surface area (Å²) in [6, 6.07) is 13.3. The van der Waals surface area contributed by atoms with Crippen LogP contribution in [0.25, 0.3) is 6.08 Å². The van der Waals surface area contributed by atoms with Gasteiger partial charge >= 0.3 is 0 Å². The predicted octanol–water partition coefficient (Wildman–Crippen LogP) is 5.03. The van der Waals surface area contributed by atoms with Crippen LogP contribution in [0.3, 0.4) is 0 Å². The van der Waals surface area contributed by atoms with E-state index in [0.717, 1.165) is 18.2 Å². The van der Waals surface area contributed by atoms with Crippen LogP contribution in [0.2, 0.25) is 5.02 Å². The van der Waals surface area contributed by atoms with Crippen molar-refractivity contribution in [3.63, 3.8) is 0 Å². The van der Waals surface area contributed by atoms with Crippen molar-refractivity contribution in [1.29, 1.82) is 0 Å². The minimum absolute atomic E-state index is 0.0529. The number of imide groups is 1. The normalized spacial score (nSPS) is 14.8. The number of ether oxygens (including phenoxy) is 2. The summed E-state index contributed by atoms with van der Waals surface area (Å²) >= 11 is 7.20. The molecule has 5 nitrogen and oxygen atoms in total. The molecule has 7 heteroatoms. The van der Waals surface area contributed by atoms with Crippen LogP contribution in [0.1, 0.15) is 17.5 Å². The molecule has 1 heterocycles. The van der Waals surface area contributed by atoms with E-state index in [1.54, 1.807) is 18.2 Å². The summed E-state index contributed by atoms with van der Waals surface area (Å²) in [5.41, 5.74) is 1.80. The van der Waals surface area contributed by atoms with E-state index in [4.69, 9.17) is 27.5 Å². The van der Waals surface area contributed by atoms with Crippen molar-refractivity contribution in [2.75, 3.05) is 20.3 Å². The smallest absolute Gasteiger partial charge is 0.293 e. The van der Waals surface area contributed by atoms with Gasteiger partial charge in [0.1, 0.15) is 6.61 Å². The number of carbonyl (C=O) groups excluding carboxylic acids is 2. The fourth-order valence-corrected chi connectivity index (χ4v) is 4.15. The van der Waals surface area contributed by atoms with Crippen LogP contribution in [0, 0.1) is 12.3 Å². The molecule has 1 aliphatic heterocycles. The molecule has 0 radical (unpaired) electrons. The zero-order valence-corrected chi connectivity index (χ0v) is 18.0. The summed E-state index contributed by atoms with van der Waals surface area (Å²) in [6.07, 6.45) is 8.35. The Morgan fingerprint density at radius 1 is 1.23 bits per heavy atom. The third kappa shape index (κ3) is 5.18. The number of rotatable bonds is 8. The zero-order valence-electron chi connectivity index (χ0n) is 16.4. The van der Waals surface area contributed by atoms with Crippen molar-refractivity contribution < 1.29 is 19.1 Å². The van der Waals surface area contributed by atoms with E-state index in [1.807, 2.05) is 30.3 Å². The quantitative estimate of drug-likeness (QED) is 0.424. The molecule has 1 fully saturated rings. The lowest BCUT2D eigenvalue weighted by atomic mass is 10.1. The molecule has 0 saturated carbocycles. The third-order valence-electron chi connectivity index (χ3n) is 4.41. The lowest BCUT2D eigenvalue weighted by Gasteiger charge is -2.12. The van der Waals surface area contributed by atoms with Gasteiger partial charge in [0.25, 0.3) is 11.1 Å². The Bertz CT molecular complexity index is 1010. The highest BCUT2D eigenvalue weighted by Crippen LogP contribution is 2.39. The molecule has 1 saturated heterocycles. The minimum Gasteiger partial charge on any atom is -0.493 e. The maximum Gasteiger partial charge on any atom is 0.293 e. The van der Waals surface area contributed by atoms with Crippen molar-refractivity contribution in [3.8, 4) is 23.8 Å². The van der Waals surface area contributed by atoms with Gasteiger partial charge in [0.05, 0.1) is 17.0 Å². The first-order valence-corrected chi connectivity index (χ1v) is 10.5. The van der Waals surface area contributed by atoms with Gasteiger partial charge < -0.3 is 9.47 Å². The Morgan fingerprint density at radius 3 is 2.70 bits per heavy atom. The van der Waals surface area contributed by atoms with Crippen molar-refractivity contribution in [2.24, 2.45) is 0 Å². The predicted molar refractivity (Wildman–Crippen MR) is 120 cm³/mol. The molecule has 30 heavy (non-hydrogen) atoms. The van der Waals surface area contributed by atoms with Gasteiger partial charge in [-0.3, -0.25) is 14.5 Å². The van der Waals surface area contributed by atoms with Crippen molar-refractivity contribution in [2.45, 2.75) is 12.8 Å². The second-order valence-electron chi connectivity index (χ2n) is 6.45. The van der Waals surface area contributed by atoms with Crippen LogP contribution < -0.4 is 9.47 Å². The summed E-state index contributed by atoms with van der Waals surface area (Å²) in [5.74, 6) is 2.80. The maximum atomic E-state index is 12.7. The van der Waals surface area contributed by atoms with E-state index in [9.17, 15) is 9.59 Å². The number of thioether (sulfide) groups is 1. The third-order valence-corrected chi connectivity index (χ3v) is 5.60. The Labute approximate surface area is 185 Å². The van der Waals surface area contributed by atoms with Crippen molar-refractivity contribution in [3.05, 3.63) is 63.5 Å². The van der Waals surface area contributed by atoms with E-state index >= 15 is 0 Å². The second-order valence-corrected chi connectivity index (χ2v) is 7.85. The molecule has 154 valence electrons. The first-order valence-electron chi connectivity index (χ1n) is 9.26. The Balaban J connectivity index is 1.71. The van der Waals surface area contributed by atoms with Crippen LogP contribution in [-0.4, -0.2) is 36.3 Å².